The highest BCUT2D eigenvalue weighted by atomic mass is 32.2. The van der Waals surface area contributed by atoms with E-state index in [1.165, 1.54) is 11.8 Å². The van der Waals surface area contributed by atoms with Crippen molar-refractivity contribution in [3.63, 3.8) is 0 Å². The van der Waals surface area contributed by atoms with Crippen LogP contribution in [0.15, 0.2) is 64.0 Å². The second-order valence-corrected chi connectivity index (χ2v) is 7.82. The number of nitrogens with zero attached hydrogens (tertiary/aromatic N) is 1. The van der Waals surface area contributed by atoms with Gasteiger partial charge in [-0.1, -0.05) is 17.3 Å². The fourth-order valence-electron chi connectivity index (χ4n) is 2.77. The van der Waals surface area contributed by atoms with Crippen molar-refractivity contribution in [2.75, 3.05) is 13.1 Å². The van der Waals surface area contributed by atoms with E-state index in [0.717, 1.165) is 34.9 Å². The highest BCUT2D eigenvalue weighted by Gasteiger charge is 2.30. The number of benzene rings is 2. The average molecular weight is 463 g/mol. The van der Waals surface area contributed by atoms with Crippen LogP contribution in [0.3, 0.4) is 0 Å². The van der Waals surface area contributed by atoms with Crippen LogP contribution in [0.5, 0.6) is 0 Å². The molecule has 168 valence electrons. The number of nitrogens with one attached hydrogen (secondary N) is 2. The third kappa shape index (κ3) is 6.36. The summed E-state index contributed by atoms with van der Waals surface area (Å²) in [6, 6.07) is 12.9. The molecule has 1 aromatic heterocycles. The van der Waals surface area contributed by atoms with E-state index in [1.54, 1.807) is 12.1 Å². The molecule has 0 unspecified atom stereocenters. The molecular weight excluding hydrogens is 443 g/mol. The third-order valence-corrected chi connectivity index (χ3v) is 5.44. The molecule has 0 aliphatic rings. The van der Waals surface area contributed by atoms with E-state index >= 15 is 0 Å². The molecule has 0 radical (unpaired) electrons. The summed E-state index contributed by atoms with van der Waals surface area (Å²) in [5.74, 6) is 0.402. The number of hydrogen-bond acceptors (Lipinski definition) is 5. The minimum absolute atomic E-state index is 0.105. The topological polar surface area (TPSA) is 84.2 Å². The summed E-state index contributed by atoms with van der Waals surface area (Å²) in [4.78, 5) is 25.4. The summed E-state index contributed by atoms with van der Waals surface area (Å²) in [7, 11) is 0. The Balaban J connectivity index is 1.48. The van der Waals surface area contributed by atoms with E-state index in [2.05, 4.69) is 15.8 Å². The molecule has 32 heavy (non-hydrogen) atoms. The van der Waals surface area contributed by atoms with Crippen molar-refractivity contribution < 1.29 is 27.3 Å². The van der Waals surface area contributed by atoms with Gasteiger partial charge in [0.05, 0.1) is 22.6 Å². The minimum atomic E-state index is -4.46. The summed E-state index contributed by atoms with van der Waals surface area (Å²) >= 11 is 1.44. The van der Waals surface area contributed by atoms with Gasteiger partial charge in [0.25, 0.3) is 11.8 Å². The number of carbonyl (C=O) groups is 2. The predicted molar refractivity (Wildman–Crippen MR) is 113 cm³/mol. The largest absolute Gasteiger partial charge is 0.416 e. The smallest absolute Gasteiger partial charge is 0.360 e. The fraction of sp³-hybridized carbons (Fsp3) is 0.227. The van der Waals surface area contributed by atoms with Crippen molar-refractivity contribution in [2.24, 2.45) is 0 Å². The molecule has 0 saturated carbocycles. The quantitative estimate of drug-likeness (QED) is 0.381. The first-order chi connectivity index (χ1) is 15.2. The number of carbonyl (C=O) groups excluding carboxylic acids is 2. The van der Waals surface area contributed by atoms with Crippen LogP contribution in [0.2, 0.25) is 0 Å². The van der Waals surface area contributed by atoms with Crippen LogP contribution in [-0.4, -0.2) is 30.1 Å². The Morgan fingerprint density at radius 2 is 1.66 bits per heavy atom. The Bertz CT molecular complexity index is 1080. The molecule has 0 atom stereocenters. The van der Waals surface area contributed by atoms with E-state index in [9.17, 15) is 22.8 Å². The second-order valence-electron chi connectivity index (χ2n) is 6.81. The molecule has 10 heteroatoms. The van der Waals surface area contributed by atoms with Crippen molar-refractivity contribution in [3.8, 4) is 0 Å². The molecule has 3 rings (SSSR count). The second kappa shape index (κ2) is 10.4. The lowest BCUT2D eigenvalue weighted by molar-refractivity contribution is -0.137. The number of amides is 2. The molecule has 2 amide bonds. The molecule has 0 spiro atoms. The van der Waals surface area contributed by atoms with Crippen LogP contribution < -0.4 is 10.6 Å². The predicted octanol–water partition coefficient (Wildman–Crippen LogP) is 4.45. The summed E-state index contributed by atoms with van der Waals surface area (Å²) in [6.45, 7) is 2.11. The maximum absolute atomic E-state index is 12.6. The molecule has 0 saturated heterocycles. The van der Waals surface area contributed by atoms with Gasteiger partial charge in [-0.15, -0.1) is 11.8 Å². The lowest BCUT2D eigenvalue weighted by atomic mass is 10.1. The van der Waals surface area contributed by atoms with Crippen LogP contribution in [0.1, 0.15) is 37.7 Å². The molecule has 0 bridgehead atoms. The van der Waals surface area contributed by atoms with Crippen molar-refractivity contribution in [1.82, 2.24) is 15.8 Å². The van der Waals surface area contributed by atoms with Gasteiger partial charge < -0.3 is 15.2 Å². The van der Waals surface area contributed by atoms with Gasteiger partial charge in [0, 0.05) is 29.6 Å². The highest BCUT2D eigenvalue weighted by Crippen LogP contribution is 2.29. The first-order valence-electron chi connectivity index (χ1n) is 9.62. The van der Waals surface area contributed by atoms with E-state index in [0.29, 0.717) is 17.1 Å². The van der Waals surface area contributed by atoms with Crippen LogP contribution in [0, 0.1) is 6.92 Å². The van der Waals surface area contributed by atoms with Gasteiger partial charge in [-0.3, -0.25) is 9.59 Å². The monoisotopic (exact) mass is 463 g/mol. The highest BCUT2D eigenvalue weighted by molar-refractivity contribution is 7.98. The fourth-order valence-corrected chi connectivity index (χ4v) is 3.70. The van der Waals surface area contributed by atoms with Gasteiger partial charge in [0.2, 0.25) is 0 Å². The van der Waals surface area contributed by atoms with Crippen molar-refractivity contribution >= 4 is 23.6 Å². The number of aromatic nitrogens is 1. The van der Waals surface area contributed by atoms with E-state index in [1.807, 2.05) is 25.1 Å². The summed E-state index contributed by atoms with van der Waals surface area (Å²) in [5, 5.41) is 9.13. The molecule has 6 nitrogen and oxygen atoms in total. The lowest BCUT2D eigenvalue weighted by Crippen LogP contribution is -2.34. The lowest BCUT2D eigenvalue weighted by Gasteiger charge is -2.11. The van der Waals surface area contributed by atoms with E-state index < -0.39 is 17.6 Å². The third-order valence-electron chi connectivity index (χ3n) is 4.35. The first-order valence-corrected chi connectivity index (χ1v) is 10.6. The van der Waals surface area contributed by atoms with Gasteiger partial charge >= 0.3 is 6.18 Å². The van der Waals surface area contributed by atoms with E-state index in [4.69, 9.17) is 4.52 Å². The molecule has 1 heterocycles. The van der Waals surface area contributed by atoms with Gasteiger partial charge in [-0.05, 0) is 43.3 Å². The number of alkyl halides is 3. The molecular formula is C22H20F3N3O3S. The maximum Gasteiger partial charge on any atom is 0.416 e. The standard InChI is InChI=1S/C22H20F3N3O3S/c1-14-12-17(31-28-14)13-32-19-5-3-2-4-18(19)21(30)27-11-10-26-20(29)15-6-8-16(9-7-15)22(23,24)25/h2-9,12H,10-11,13H2,1H3,(H,26,29)(H,27,30). The normalized spacial score (nSPS) is 11.2. The molecule has 0 aliphatic carbocycles. The van der Waals surface area contributed by atoms with Crippen LogP contribution in [0.25, 0.3) is 0 Å². The Morgan fingerprint density at radius 1 is 1.00 bits per heavy atom. The Kier molecular flexibility index (Phi) is 7.57. The zero-order valence-electron chi connectivity index (χ0n) is 17.0. The Morgan fingerprint density at radius 3 is 2.28 bits per heavy atom. The maximum atomic E-state index is 12.6. The van der Waals surface area contributed by atoms with E-state index in [-0.39, 0.29) is 24.6 Å². The van der Waals surface area contributed by atoms with Gasteiger partial charge in [0.1, 0.15) is 5.76 Å². The number of hydrogen-bond donors (Lipinski definition) is 2. The van der Waals surface area contributed by atoms with Crippen LogP contribution in [-0.2, 0) is 11.9 Å². The number of aryl methyl sites for hydroxylation is 1. The number of thioether (sulfide) groups is 1. The van der Waals surface area contributed by atoms with Gasteiger partial charge in [-0.2, -0.15) is 13.2 Å². The van der Waals surface area contributed by atoms with Gasteiger partial charge in [-0.25, -0.2) is 0 Å². The zero-order valence-corrected chi connectivity index (χ0v) is 17.8. The first kappa shape index (κ1) is 23.4. The number of halogens is 3. The van der Waals surface area contributed by atoms with Crippen molar-refractivity contribution in [2.45, 2.75) is 23.7 Å². The van der Waals surface area contributed by atoms with Crippen LogP contribution in [0.4, 0.5) is 13.2 Å². The SMILES string of the molecule is Cc1cc(CSc2ccccc2C(=O)NCCNC(=O)c2ccc(C(F)(F)F)cc2)on1. The molecule has 0 aliphatic heterocycles. The molecule has 2 N–H and O–H groups in total. The molecule has 2 aromatic carbocycles. The summed E-state index contributed by atoms with van der Waals surface area (Å²) < 4.78 is 43.0. The average Bonchev–Trinajstić information content (AvgIpc) is 3.19. The van der Waals surface area contributed by atoms with Crippen LogP contribution >= 0.6 is 11.8 Å². The Hall–Kier alpha value is -3.27. The van der Waals surface area contributed by atoms with Gasteiger partial charge in [0.15, 0.2) is 0 Å². The summed E-state index contributed by atoms with van der Waals surface area (Å²) in [6.07, 6.45) is -4.46. The molecule has 0 fully saturated rings. The Labute approximate surface area is 186 Å². The van der Waals surface area contributed by atoms with Crippen molar-refractivity contribution in [1.29, 1.82) is 0 Å². The minimum Gasteiger partial charge on any atom is -0.360 e. The summed E-state index contributed by atoms with van der Waals surface area (Å²) in [5.41, 5.74) is 0.554. The number of rotatable bonds is 8. The zero-order chi connectivity index (χ0) is 23.1. The molecule has 3 aromatic rings. The van der Waals surface area contributed by atoms with Crippen molar-refractivity contribution in [3.05, 3.63) is 82.7 Å².